The molecule has 0 aliphatic rings. The highest BCUT2D eigenvalue weighted by Crippen LogP contribution is 2.31. The third-order valence-corrected chi connectivity index (χ3v) is 4.83. The Morgan fingerprint density at radius 2 is 1.74 bits per heavy atom. The predicted octanol–water partition coefficient (Wildman–Crippen LogP) is 2.38. The molecule has 12 heteroatoms. The van der Waals surface area contributed by atoms with Crippen molar-refractivity contribution >= 4 is 23.0 Å². The normalized spacial score (nSPS) is 13.0. The van der Waals surface area contributed by atoms with Crippen LogP contribution in [0.3, 0.4) is 0 Å². The summed E-state index contributed by atoms with van der Waals surface area (Å²) < 4.78 is 39.8. The van der Waals surface area contributed by atoms with Crippen molar-refractivity contribution in [3.05, 3.63) is 57.3 Å². The van der Waals surface area contributed by atoms with E-state index in [9.17, 15) is 27.6 Å². The second-order valence-electron chi connectivity index (χ2n) is 6.97. The molecule has 0 aliphatic heterocycles. The van der Waals surface area contributed by atoms with Crippen LogP contribution in [-0.2, 0) is 22.2 Å². The Labute approximate surface area is 172 Å². The standard InChI is InChI=1S/C19H17F3N4O5/c1-8(10-3-5-11(6-4-10)19(20,21)22)26-15-14(16(27)24-9(2)23-15)13(25-26)7-12(17(28)29)18(30)31/h3-6,8,12H,7H2,1-2H3,(H,28,29)(H,30,31)(H,23,24,27). The van der Waals surface area contributed by atoms with Crippen LogP contribution in [0.4, 0.5) is 13.2 Å². The lowest BCUT2D eigenvalue weighted by Gasteiger charge is -2.15. The number of carbonyl (C=O) groups is 2. The maximum Gasteiger partial charge on any atom is 0.416 e. The third kappa shape index (κ3) is 4.27. The first-order chi connectivity index (χ1) is 14.4. The minimum atomic E-state index is -4.50. The van der Waals surface area contributed by atoms with E-state index < -0.39 is 47.6 Å². The van der Waals surface area contributed by atoms with Gasteiger partial charge in [-0.1, -0.05) is 12.1 Å². The van der Waals surface area contributed by atoms with Crippen LogP contribution >= 0.6 is 0 Å². The molecule has 31 heavy (non-hydrogen) atoms. The van der Waals surface area contributed by atoms with E-state index in [1.165, 1.54) is 23.7 Å². The molecule has 0 spiro atoms. The number of aliphatic carboxylic acids is 2. The molecular formula is C19H17F3N4O5. The molecule has 0 fully saturated rings. The highest BCUT2D eigenvalue weighted by molar-refractivity contribution is 5.93. The van der Waals surface area contributed by atoms with E-state index in [0.717, 1.165) is 12.1 Å². The molecule has 9 nitrogen and oxygen atoms in total. The van der Waals surface area contributed by atoms with Gasteiger partial charge in [-0.3, -0.25) is 14.4 Å². The minimum absolute atomic E-state index is 0.0678. The van der Waals surface area contributed by atoms with Crippen molar-refractivity contribution < 1.29 is 33.0 Å². The molecule has 0 amide bonds. The second kappa shape index (κ2) is 7.85. The maximum absolute atomic E-state index is 12.8. The summed E-state index contributed by atoms with van der Waals surface area (Å²) in [5.41, 5.74) is -1.05. The number of carboxylic acid groups (broad SMARTS) is 2. The number of nitrogens with zero attached hydrogens (tertiary/aromatic N) is 3. The average Bonchev–Trinajstić information content (AvgIpc) is 3.02. The lowest BCUT2D eigenvalue weighted by atomic mass is 10.0. The Morgan fingerprint density at radius 3 is 2.26 bits per heavy atom. The first-order valence-corrected chi connectivity index (χ1v) is 9.01. The number of alkyl halides is 3. The van der Waals surface area contributed by atoms with Crippen LogP contribution in [0.25, 0.3) is 11.0 Å². The summed E-state index contributed by atoms with van der Waals surface area (Å²) in [6.45, 7) is 3.13. The fraction of sp³-hybridized carbons (Fsp3) is 0.316. The van der Waals surface area contributed by atoms with Gasteiger partial charge in [-0.25, -0.2) is 9.67 Å². The molecule has 2 aromatic heterocycles. The van der Waals surface area contributed by atoms with Crippen molar-refractivity contribution in [1.82, 2.24) is 19.7 Å². The number of benzene rings is 1. The number of rotatable bonds is 6. The van der Waals surface area contributed by atoms with E-state index in [-0.39, 0.29) is 22.6 Å². The number of aromatic amines is 1. The number of nitrogens with one attached hydrogen (secondary N) is 1. The zero-order valence-corrected chi connectivity index (χ0v) is 16.3. The minimum Gasteiger partial charge on any atom is -0.481 e. The smallest absolute Gasteiger partial charge is 0.416 e. The Kier molecular flexibility index (Phi) is 5.57. The molecule has 3 N–H and O–H groups in total. The van der Waals surface area contributed by atoms with Gasteiger partial charge in [0.05, 0.1) is 17.3 Å². The SMILES string of the molecule is Cc1nc2c(c(CC(C(=O)O)C(=O)O)nn2C(C)c2ccc(C(F)(F)F)cc2)c(=O)[nH]1. The van der Waals surface area contributed by atoms with Gasteiger partial charge in [0.15, 0.2) is 11.6 Å². The summed E-state index contributed by atoms with van der Waals surface area (Å²) in [6.07, 6.45) is -5.07. The molecule has 1 aromatic carbocycles. The molecule has 3 aromatic rings. The van der Waals surface area contributed by atoms with Gasteiger partial charge in [-0.2, -0.15) is 18.3 Å². The van der Waals surface area contributed by atoms with E-state index in [2.05, 4.69) is 15.1 Å². The van der Waals surface area contributed by atoms with Gasteiger partial charge < -0.3 is 15.2 Å². The van der Waals surface area contributed by atoms with Crippen LogP contribution in [0, 0.1) is 12.8 Å². The lowest BCUT2D eigenvalue weighted by molar-refractivity contribution is -0.154. The first-order valence-electron chi connectivity index (χ1n) is 9.01. The van der Waals surface area contributed by atoms with Crippen LogP contribution < -0.4 is 5.56 Å². The average molecular weight is 438 g/mol. The van der Waals surface area contributed by atoms with E-state index in [0.29, 0.717) is 5.56 Å². The second-order valence-corrected chi connectivity index (χ2v) is 6.97. The summed E-state index contributed by atoms with van der Waals surface area (Å²) in [5, 5.41) is 22.5. The molecule has 0 radical (unpaired) electrons. The number of aryl methyl sites for hydroxylation is 1. The van der Waals surface area contributed by atoms with Crippen molar-refractivity contribution in [2.24, 2.45) is 5.92 Å². The van der Waals surface area contributed by atoms with Crippen LogP contribution in [0.2, 0.25) is 0 Å². The molecular weight excluding hydrogens is 421 g/mol. The monoisotopic (exact) mass is 438 g/mol. The summed E-state index contributed by atoms with van der Waals surface area (Å²) in [4.78, 5) is 41.8. The van der Waals surface area contributed by atoms with Crippen molar-refractivity contribution in [3.8, 4) is 0 Å². The zero-order chi connectivity index (χ0) is 23.1. The summed E-state index contributed by atoms with van der Waals surface area (Å²) >= 11 is 0. The molecule has 1 atom stereocenters. The number of hydrogen-bond acceptors (Lipinski definition) is 5. The van der Waals surface area contributed by atoms with E-state index >= 15 is 0 Å². The number of H-pyrrole nitrogens is 1. The molecule has 1 unspecified atom stereocenters. The van der Waals surface area contributed by atoms with Gasteiger partial charge in [-0.15, -0.1) is 0 Å². The highest BCUT2D eigenvalue weighted by atomic mass is 19.4. The zero-order valence-electron chi connectivity index (χ0n) is 16.3. The molecule has 2 heterocycles. The summed E-state index contributed by atoms with van der Waals surface area (Å²) in [5.74, 6) is -4.79. The number of hydrogen-bond donors (Lipinski definition) is 3. The van der Waals surface area contributed by atoms with Gasteiger partial charge in [0.25, 0.3) is 5.56 Å². The number of aromatic nitrogens is 4. The van der Waals surface area contributed by atoms with Gasteiger partial charge in [-0.05, 0) is 31.5 Å². The van der Waals surface area contributed by atoms with E-state index in [1.807, 2.05) is 0 Å². The van der Waals surface area contributed by atoms with Crippen molar-refractivity contribution in [3.63, 3.8) is 0 Å². The van der Waals surface area contributed by atoms with Crippen molar-refractivity contribution in [1.29, 1.82) is 0 Å². The number of fused-ring (bicyclic) bond motifs is 1. The molecule has 3 rings (SSSR count). The topological polar surface area (TPSA) is 138 Å². The predicted molar refractivity (Wildman–Crippen MR) is 101 cm³/mol. The van der Waals surface area contributed by atoms with Gasteiger partial charge in [0.2, 0.25) is 0 Å². The van der Waals surface area contributed by atoms with Gasteiger partial charge in [0.1, 0.15) is 11.2 Å². The fourth-order valence-electron chi connectivity index (χ4n) is 3.20. The van der Waals surface area contributed by atoms with Crippen LogP contribution in [0.15, 0.2) is 29.1 Å². The number of carboxylic acids is 2. The third-order valence-electron chi connectivity index (χ3n) is 4.83. The largest absolute Gasteiger partial charge is 0.481 e. The Bertz CT molecular complexity index is 1200. The summed E-state index contributed by atoms with van der Waals surface area (Å²) in [7, 11) is 0. The van der Waals surface area contributed by atoms with Crippen LogP contribution in [0.5, 0.6) is 0 Å². The Hall–Kier alpha value is -3.70. The first kappa shape index (κ1) is 22.0. The van der Waals surface area contributed by atoms with Crippen molar-refractivity contribution in [2.45, 2.75) is 32.5 Å². The molecule has 0 bridgehead atoms. The fourth-order valence-corrected chi connectivity index (χ4v) is 3.20. The van der Waals surface area contributed by atoms with E-state index in [1.54, 1.807) is 6.92 Å². The highest BCUT2D eigenvalue weighted by Gasteiger charge is 2.32. The van der Waals surface area contributed by atoms with Crippen LogP contribution in [0.1, 0.15) is 35.6 Å². The van der Waals surface area contributed by atoms with Gasteiger partial charge >= 0.3 is 18.1 Å². The Balaban J connectivity index is 2.13. The van der Waals surface area contributed by atoms with E-state index in [4.69, 9.17) is 10.2 Å². The molecule has 0 saturated heterocycles. The van der Waals surface area contributed by atoms with Crippen molar-refractivity contribution in [2.75, 3.05) is 0 Å². The lowest BCUT2D eigenvalue weighted by Crippen LogP contribution is -2.26. The number of halogens is 3. The summed E-state index contributed by atoms with van der Waals surface area (Å²) in [6, 6.07) is 3.67. The quantitative estimate of drug-likeness (QED) is 0.502. The van der Waals surface area contributed by atoms with Crippen LogP contribution in [-0.4, -0.2) is 41.9 Å². The maximum atomic E-state index is 12.8. The molecule has 164 valence electrons. The Morgan fingerprint density at radius 1 is 1.16 bits per heavy atom. The molecule has 0 saturated carbocycles. The van der Waals surface area contributed by atoms with Gasteiger partial charge in [0, 0.05) is 6.42 Å². The molecule has 0 aliphatic carbocycles.